The van der Waals surface area contributed by atoms with E-state index in [0.717, 1.165) is 24.3 Å². The van der Waals surface area contributed by atoms with Gasteiger partial charge < -0.3 is 5.11 Å². The Morgan fingerprint density at radius 3 is 2.67 bits per heavy atom. The van der Waals surface area contributed by atoms with E-state index < -0.39 is 0 Å². The van der Waals surface area contributed by atoms with Gasteiger partial charge in [0.05, 0.1) is 6.10 Å². The number of aliphatic hydroxyl groups excluding tert-OH is 1. The van der Waals surface area contributed by atoms with Crippen LogP contribution in [-0.2, 0) is 6.42 Å². The summed E-state index contributed by atoms with van der Waals surface area (Å²) in [5.41, 5.74) is 1.21. The van der Waals surface area contributed by atoms with Crippen molar-refractivity contribution in [3.63, 3.8) is 0 Å². The molecule has 0 saturated heterocycles. The van der Waals surface area contributed by atoms with Crippen molar-refractivity contribution in [3.05, 3.63) is 34.9 Å². The molecule has 0 amide bonds. The fourth-order valence-electron chi connectivity index (χ4n) is 2.46. The predicted molar refractivity (Wildman–Crippen MR) is 63.1 cm³/mol. The van der Waals surface area contributed by atoms with Crippen molar-refractivity contribution < 1.29 is 5.11 Å². The largest absolute Gasteiger partial charge is 0.393 e. The Kier molecular flexibility index (Phi) is 3.32. The summed E-state index contributed by atoms with van der Waals surface area (Å²) < 4.78 is 0. The van der Waals surface area contributed by atoms with Gasteiger partial charge in [-0.3, -0.25) is 0 Å². The normalized spacial score (nSPS) is 30.7. The molecule has 0 radical (unpaired) electrons. The molecule has 2 rings (SSSR count). The van der Waals surface area contributed by atoms with Crippen LogP contribution in [0.4, 0.5) is 0 Å². The van der Waals surface area contributed by atoms with Gasteiger partial charge in [0.15, 0.2) is 0 Å². The summed E-state index contributed by atoms with van der Waals surface area (Å²) >= 11 is 6.12. The zero-order valence-corrected chi connectivity index (χ0v) is 9.74. The molecule has 3 unspecified atom stereocenters. The highest BCUT2D eigenvalue weighted by Gasteiger charge is 2.31. The third kappa shape index (κ3) is 2.35. The van der Waals surface area contributed by atoms with Gasteiger partial charge in [-0.25, -0.2) is 0 Å². The van der Waals surface area contributed by atoms with Crippen molar-refractivity contribution in [2.75, 3.05) is 0 Å². The molecule has 0 heterocycles. The molecule has 1 N–H and O–H groups in total. The highest BCUT2D eigenvalue weighted by molar-refractivity contribution is 6.31. The Morgan fingerprint density at radius 2 is 2.07 bits per heavy atom. The summed E-state index contributed by atoms with van der Waals surface area (Å²) in [6.07, 6.45) is 2.94. The molecule has 1 aliphatic carbocycles. The molecule has 0 aliphatic heterocycles. The van der Waals surface area contributed by atoms with Gasteiger partial charge in [0.2, 0.25) is 0 Å². The third-order valence-electron chi connectivity index (χ3n) is 3.62. The van der Waals surface area contributed by atoms with Gasteiger partial charge >= 0.3 is 0 Å². The quantitative estimate of drug-likeness (QED) is 0.818. The average Bonchev–Trinajstić information content (AvgIpc) is 2.53. The summed E-state index contributed by atoms with van der Waals surface area (Å²) in [6, 6.07) is 8.00. The lowest BCUT2D eigenvalue weighted by Gasteiger charge is -2.17. The van der Waals surface area contributed by atoms with Crippen LogP contribution in [0.1, 0.15) is 25.3 Å². The van der Waals surface area contributed by atoms with Gasteiger partial charge in [-0.1, -0.05) is 36.7 Å². The lowest BCUT2D eigenvalue weighted by Crippen LogP contribution is -2.16. The van der Waals surface area contributed by atoms with Crippen molar-refractivity contribution in [1.82, 2.24) is 0 Å². The summed E-state index contributed by atoms with van der Waals surface area (Å²) in [4.78, 5) is 0. The molecule has 0 spiro atoms. The van der Waals surface area contributed by atoms with Crippen molar-refractivity contribution in [1.29, 1.82) is 0 Å². The van der Waals surface area contributed by atoms with E-state index in [0.29, 0.717) is 11.8 Å². The molecule has 82 valence electrons. The molecule has 1 aliphatic rings. The summed E-state index contributed by atoms with van der Waals surface area (Å²) in [5, 5.41) is 10.5. The van der Waals surface area contributed by atoms with Crippen LogP contribution in [0, 0.1) is 11.8 Å². The van der Waals surface area contributed by atoms with Crippen LogP contribution in [0.25, 0.3) is 0 Å². The van der Waals surface area contributed by atoms with E-state index in [-0.39, 0.29) is 6.10 Å². The van der Waals surface area contributed by atoms with Gasteiger partial charge in [0.25, 0.3) is 0 Å². The lowest BCUT2D eigenvalue weighted by molar-refractivity contribution is 0.127. The van der Waals surface area contributed by atoms with Gasteiger partial charge in [-0.05, 0) is 42.7 Å². The van der Waals surface area contributed by atoms with Gasteiger partial charge in [-0.2, -0.15) is 0 Å². The monoisotopic (exact) mass is 224 g/mol. The van der Waals surface area contributed by atoms with E-state index in [1.54, 1.807) is 0 Å². The topological polar surface area (TPSA) is 20.2 Å². The maximum atomic E-state index is 9.68. The van der Waals surface area contributed by atoms with Crippen LogP contribution in [0.15, 0.2) is 24.3 Å². The fourth-order valence-corrected chi connectivity index (χ4v) is 2.67. The van der Waals surface area contributed by atoms with Crippen molar-refractivity contribution in [2.45, 2.75) is 32.3 Å². The van der Waals surface area contributed by atoms with Crippen LogP contribution >= 0.6 is 11.6 Å². The van der Waals surface area contributed by atoms with E-state index in [2.05, 4.69) is 13.0 Å². The van der Waals surface area contributed by atoms with Crippen molar-refractivity contribution in [2.24, 2.45) is 11.8 Å². The first-order valence-electron chi connectivity index (χ1n) is 5.60. The second-order valence-corrected chi connectivity index (χ2v) is 4.97. The van der Waals surface area contributed by atoms with Gasteiger partial charge in [0, 0.05) is 5.02 Å². The smallest absolute Gasteiger partial charge is 0.0568 e. The minimum Gasteiger partial charge on any atom is -0.393 e. The molecule has 1 saturated carbocycles. The summed E-state index contributed by atoms with van der Waals surface area (Å²) in [7, 11) is 0. The average molecular weight is 225 g/mol. The molecule has 0 bridgehead atoms. The molecule has 1 nitrogen and oxygen atoms in total. The van der Waals surface area contributed by atoms with E-state index in [1.165, 1.54) is 5.56 Å². The minimum absolute atomic E-state index is 0.113. The van der Waals surface area contributed by atoms with Crippen molar-refractivity contribution >= 4 is 11.6 Å². The molecular weight excluding hydrogens is 208 g/mol. The van der Waals surface area contributed by atoms with Crippen molar-refractivity contribution in [3.8, 4) is 0 Å². The highest BCUT2D eigenvalue weighted by Crippen LogP contribution is 2.35. The summed E-state index contributed by atoms with van der Waals surface area (Å²) in [6.45, 7) is 2.14. The first-order valence-corrected chi connectivity index (χ1v) is 5.97. The number of rotatable bonds is 2. The lowest BCUT2D eigenvalue weighted by atomic mass is 9.90. The number of hydrogen-bond acceptors (Lipinski definition) is 1. The molecule has 0 aromatic heterocycles. The zero-order valence-electron chi connectivity index (χ0n) is 8.99. The van der Waals surface area contributed by atoms with Gasteiger partial charge in [-0.15, -0.1) is 0 Å². The van der Waals surface area contributed by atoms with Crippen LogP contribution in [-0.4, -0.2) is 11.2 Å². The highest BCUT2D eigenvalue weighted by atomic mass is 35.5. The third-order valence-corrected chi connectivity index (χ3v) is 3.99. The molecule has 3 atom stereocenters. The molecule has 1 aromatic carbocycles. The van der Waals surface area contributed by atoms with Gasteiger partial charge in [0.1, 0.15) is 0 Å². The molecule has 15 heavy (non-hydrogen) atoms. The number of hydrogen-bond donors (Lipinski definition) is 1. The SMILES string of the molecule is CC1C(O)CCC1Cc1ccccc1Cl. The Bertz CT molecular complexity index is 337. The number of benzene rings is 1. The fraction of sp³-hybridized carbons (Fsp3) is 0.538. The molecule has 2 heteroatoms. The first kappa shape index (κ1) is 11.0. The Morgan fingerprint density at radius 1 is 1.33 bits per heavy atom. The Hall–Kier alpha value is -0.530. The van der Waals surface area contributed by atoms with E-state index in [4.69, 9.17) is 11.6 Å². The Balaban J connectivity index is 2.07. The van der Waals surface area contributed by atoms with Crippen LogP contribution in [0.5, 0.6) is 0 Å². The summed E-state index contributed by atoms with van der Waals surface area (Å²) in [5.74, 6) is 0.987. The standard InChI is InChI=1S/C13H17ClO/c1-9-10(6-7-13(9)15)8-11-4-2-3-5-12(11)14/h2-5,9-10,13,15H,6-8H2,1H3. The Labute approximate surface area is 96.1 Å². The predicted octanol–water partition coefficient (Wildman–Crippen LogP) is 3.29. The second kappa shape index (κ2) is 4.54. The minimum atomic E-state index is -0.113. The van der Waals surface area contributed by atoms with Crippen LogP contribution in [0.3, 0.4) is 0 Å². The number of halogens is 1. The van der Waals surface area contributed by atoms with Crippen LogP contribution in [0.2, 0.25) is 5.02 Å². The second-order valence-electron chi connectivity index (χ2n) is 4.56. The zero-order chi connectivity index (χ0) is 10.8. The van der Waals surface area contributed by atoms with E-state index >= 15 is 0 Å². The maximum Gasteiger partial charge on any atom is 0.0568 e. The van der Waals surface area contributed by atoms with Crippen LogP contribution < -0.4 is 0 Å². The van der Waals surface area contributed by atoms with E-state index in [1.807, 2.05) is 18.2 Å². The number of aliphatic hydroxyl groups is 1. The molecular formula is C13H17ClO. The molecule has 1 fully saturated rings. The maximum absolute atomic E-state index is 9.68. The molecule has 1 aromatic rings. The first-order chi connectivity index (χ1) is 7.18. The van der Waals surface area contributed by atoms with E-state index in [9.17, 15) is 5.11 Å².